The fourth-order valence-electron chi connectivity index (χ4n) is 1.50. The van der Waals surface area contributed by atoms with Gasteiger partial charge in [0.05, 0.1) is 5.69 Å². The average molecular weight is 272 g/mol. The number of hydrogen-bond acceptors (Lipinski definition) is 3. The van der Waals surface area contributed by atoms with E-state index >= 15 is 0 Å². The topological polar surface area (TPSA) is 42.9 Å². The fourth-order valence-corrected chi connectivity index (χ4v) is 1.50. The summed E-state index contributed by atoms with van der Waals surface area (Å²) in [5.41, 5.74) is 2.25. The monoisotopic (exact) mass is 272 g/mol. The maximum absolute atomic E-state index is 11.3. The molecule has 0 radical (unpaired) electrons. The first-order valence-electron chi connectivity index (χ1n) is 7.09. The number of nitrogens with zero attached hydrogens (tertiary/aromatic N) is 2. The second kappa shape index (κ2) is 9.84. The molecule has 108 valence electrons. The van der Waals surface area contributed by atoms with Crippen LogP contribution in [0.5, 0.6) is 0 Å². The van der Waals surface area contributed by atoms with Gasteiger partial charge in [-0.15, -0.1) is 0 Å². The van der Waals surface area contributed by atoms with Crippen molar-refractivity contribution in [3.63, 3.8) is 0 Å². The van der Waals surface area contributed by atoms with Crippen molar-refractivity contribution >= 4 is 5.78 Å². The molecule has 1 aromatic heterocycles. The maximum Gasteiger partial charge on any atom is 0.178 e. The summed E-state index contributed by atoms with van der Waals surface area (Å²) in [5, 5.41) is 0. The molecule has 3 heteroatoms. The molecule has 0 saturated carbocycles. The molecule has 0 fully saturated rings. The average Bonchev–Trinajstić information content (AvgIpc) is 2.51. The van der Waals surface area contributed by atoms with Crippen molar-refractivity contribution in [2.75, 3.05) is 0 Å². The van der Waals surface area contributed by atoms with Gasteiger partial charge >= 0.3 is 0 Å². The summed E-state index contributed by atoms with van der Waals surface area (Å²) < 4.78 is 0. The Morgan fingerprint density at radius 1 is 0.950 bits per heavy atom. The van der Waals surface area contributed by atoms with Crippen LogP contribution in [-0.2, 0) is 0 Å². The van der Waals surface area contributed by atoms with Crippen LogP contribution in [0.25, 0.3) is 11.3 Å². The Morgan fingerprint density at radius 2 is 1.50 bits per heavy atom. The summed E-state index contributed by atoms with van der Waals surface area (Å²) in [4.78, 5) is 19.7. The third kappa shape index (κ3) is 5.31. The van der Waals surface area contributed by atoms with Crippen LogP contribution in [0, 0.1) is 6.92 Å². The van der Waals surface area contributed by atoms with E-state index in [0.717, 1.165) is 11.3 Å². The molecule has 0 unspecified atom stereocenters. The number of aromatic nitrogens is 2. The SMILES string of the molecule is CC.CC.CC(=O)c1cc(-c2ccccc2)nc(C)n1. The summed E-state index contributed by atoms with van der Waals surface area (Å²) in [6.07, 6.45) is 0. The van der Waals surface area contributed by atoms with Crippen molar-refractivity contribution in [2.45, 2.75) is 41.5 Å². The highest BCUT2D eigenvalue weighted by Gasteiger charge is 2.06. The van der Waals surface area contributed by atoms with Crippen LogP contribution >= 0.6 is 0 Å². The normalized spacial score (nSPS) is 8.70. The number of Topliss-reactive ketones (excluding diaryl/α,β-unsaturated/α-hetero) is 1. The lowest BCUT2D eigenvalue weighted by atomic mass is 10.1. The zero-order valence-corrected chi connectivity index (χ0v) is 13.3. The third-order valence-electron chi connectivity index (χ3n) is 2.27. The highest BCUT2D eigenvalue weighted by atomic mass is 16.1. The number of benzene rings is 1. The van der Waals surface area contributed by atoms with Gasteiger partial charge in [-0.25, -0.2) is 9.97 Å². The molecule has 1 heterocycles. The molecule has 0 N–H and O–H groups in total. The summed E-state index contributed by atoms with van der Waals surface area (Å²) in [5.74, 6) is 0.578. The van der Waals surface area contributed by atoms with Gasteiger partial charge in [-0.1, -0.05) is 58.0 Å². The van der Waals surface area contributed by atoms with Gasteiger partial charge in [0.25, 0.3) is 0 Å². The first-order chi connectivity index (χ1) is 9.66. The molecule has 0 aliphatic heterocycles. The Bertz CT molecular complexity index is 522. The van der Waals surface area contributed by atoms with E-state index in [4.69, 9.17) is 0 Å². The molecule has 0 amide bonds. The molecule has 1 aromatic carbocycles. The van der Waals surface area contributed by atoms with E-state index in [9.17, 15) is 4.79 Å². The quantitative estimate of drug-likeness (QED) is 0.744. The first kappa shape index (κ1) is 18.0. The second-order valence-corrected chi connectivity index (χ2v) is 3.61. The van der Waals surface area contributed by atoms with Crippen molar-refractivity contribution in [2.24, 2.45) is 0 Å². The van der Waals surface area contributed by atoms with Crippen LogP contribution in [-0.4, -0.2) is 15.8 Å². The molecule has 0 spiro atoms. The maximum atomic E-state index is 11.3. The predicted octanol–water partition coefficient (Wildman–Crippen LogP) is 4.71. The highest BCUT2D eigenvalue weighted by Crippen LogP contribution is 2.17. The Hall–Kier alpha value is -2.03. The Morgan fingerprint density at radius 3 is 2.00 bits per heavy atom. The Labute approximate surface area is 122 Å². The van der Waals surface area contributed by atoms with E-state index in [0.29, 0.717) is 11.5 Å². The molecule has 3 nitrogen and oxygen atoms in total. The minimum absolute atomic E-state index is 0.0392. The van der Waals surface area contributed by atoms with E-state index < -0.39 is 0 Å². The van der Waals surface area contributed by atoms with Crippen molar-refractivity contribution in [1.29, 1.82) is 0 Å². The number of aryl methyl sites for hydroxylation is 1. The van der Waals surface area contributed by atoms with Gasteiger partial charge in [-0.05, 0) is 13.0 Å². The molecular weight excluding hydrogens is 248 g/mol. The highest BCUT2D eigenvalue weighted by molar-refractivity contribution is 5.93. The van der Waals surface area contributed by atoms with Crippen molar-refractivity contribution in [1.82, 2.24) is 9.97 Å². The van der Waals surface area contributed by atoms with Gasteiger partial charge < -0.3 is 0 Å². The second-order valence-electron chi connectivity index (χ2n) is 3.61. The molecular formula is C17H24N2O. The summed E-state index contributed by atoms with van der Waals surface area (Å²) in [6, 6.07) is 11.5. The molecule has 0 atom stereocenters. The van der Waals surface area contributed by atoms with Crippen LogP contribution in [0.3, 0.4) is 0 Å². The van der Waals surface area contributed by atoms with Crippen LogP contribution in [0.15, 0.2) is 36.4 Å². The van der Waals surface area contributed by atoms with Gasteiger partial charge in [0, 0.05) is 12.5 Å². The van der Waals surface area contributed by atoms with Gasteiger partial charge in [0.1, 0.15) is 11.5 Å². The molecule has 20 heavy (non-hydrogen) atoms. The van der Waals surface area contributed by atoms with Crippen molar-refractivity contribution < 1.29 is 4.79 Å². The number of carbonyl (C=O) groups excluding carboxylic acids is 1. The Balaban J connectivity index is 0.000000829. The molecule has 2 rings (SSSR count). The van der Waals surface area contributed by atoms with E-state index in [1.807, 2.05) is 58.0 Å². The van der Waals surface area contributed by atoms with Gasteiger partial charge in [0.2, 0.25) is 0 Å². The van der Waals surface area contributed by atoms with Crippen LogP contribution < -0.4 is 0 Å². The van der Waals surface area contributed by atoms with Crippen LogP contribution in [0.4, 0.5) is 0 Å². The van der Waals surface area contributed by atoms with Gasteiger partial charge in [-0.3, -0.25) is 4.79 Å². The molecule has 0 bridgehead atoms. The van der Waals surface area contributed by atoms with E-state index in [2.05, 4.69) is 9.97 Å². The number of carbonyl (C=O) groups is 1. The van der Waals surface area contributed by atoms with E-state index in [-0.39, 0.29) is 5.78 Å². The number of rotatable bonds is 2. The summed E-state index contributed by atoms with van der Waals surface area (Å²) >= 11 is 0. The lowest BCUT2D eigenvalue weighted by molar-refractivity contribution is 0.101. The zero-order valence-electron chi connectivity index (χ0n) is 13.3. The number of ketones is 1. The Kier molecular flexibility index (Phi) is 8.84. The number of hydrogen-bond donors (Lipinski definition) is 0. The minimum Gasteiger partial charge on any atom is -0.293 e. The predicted molar refractivity (Wildman–Crippen MR) is 84.9 cm³/mol. The smallest absolute Gasteiger partial charge is 0.178 e. The third-order valence-corrected chi connectivity index (χ3v) is 2.27. The minimum atomic E-state index is -0.0392. The van der Waals surface area contributed by atoms with E-state index in [1.165, 1.54) is 6.92 Å². The van der Waals surface area contributed by atoms with Crippen molar-refractivity contribution in [3.8, 4) is 11.3 Å². The standard InChI is InChI=1S/C13H12N2O.2C2H6/c1-9(16)12-8-13(15-10(2)14-12)11-6-4-3-5-7-11;2*1-2/h3-8H,1-2H3;2*1-2H3. The largest absolute Gasteiger partial charge is 0.293 e. The van der Waals surface area contributed by atoms with Gasteiger partial charge in [-0.2, -0.15) is 0 Å². The van der Waals surface area contributed by atoms with Crippen LogP contribution in [0.1, 0.15) is 50.9 Å². The lowest BCUT2D eigenvalue weighted by Gasteiger charge is -2.03. The lowest BCUT2D eigenvalue weighted by Crippen LogP contribution is -2.01. The van der Waals surface area contributed by atoms with Gasteiger partial charge in [0.15, 0.2) is 5.78 Å². The van der Waals surface area contributed by atoms with Crippen molar-refractivity contribution in [3.05, 3.63) is 47.9 Å². The first-order valence-corrected chi connectivity index (χ1v) is 7.09. The molecule has 2 aromatic rings. The van der Waals surface area contributed by atoms with Crippen LogP contribution in [0.2, 0.25) is 0 Å². The van der Waals surface area contributed by atoms with E-state index in [1.54, 1.807) is 13.0 Å². The molecule has 0 aliphatic rings. The molecule has 0 saturated heterocycles. The summed E-state index contributed by atoms with van der Waals surface area (Å²) in [7, 11) is 0. The summed E-state index contributed by atoms with van der Waals surface area (Å²) in [6.45, 7) is 11.3. The molecule has 0 aliphatic carbocycles. The zero-order chi connectivity index (χ0) is 15.5. The fraction of sp³-hybridized carbons (Fsp3) is 0.353.